The normalized spacial score (nSPS) is 10.4. The van der Waals surface area contributed by atoms with Crippen LogP contribution < -0.4 is 20.2 Å². The molecule has 0 saturated heterocycles. The fraction of sp³-hybridized carbons (Fsp3) is 0.222. The molecule has 2 aromatic rings. The standard InChI is InChI=1S/C18H21N3O2S/c1-3-19-18(24)21-20-12-15-9-10-16(17(11-15)22-2)23-13-14-7-5-4-6-8-14/h4-12H,3,13H2,1-2H3,(H2,19,21,24)/b20-12+. The first-order valence-electron chi connectivity index (χ1n) is 7.64. The van der Waals surface area contributed by atoms with Gasteiger partial charge in [0.25, 0.3) is 0 Å². The summed E-state index contributed by atoms with van der Waals surface area (Å²) in [7, 11) is 1.62. The van der Waals surface area contributed by atoms with Crippen molar-refractivity contribution in [3.8, 4) is 11.5 Å². The molecule has 0 aliphatic heterocycles. The van der Waals surface area contributed by atoms with Gasteiger partial charge in [-0.05, 0) is 48.5 Å². The van der Waals surface area contributed by atoms with Crippen LogP contribution in [0, 0.1) is 0 Å². The highest BCUT2D eigenvalue weighted by molar-refractivity contribution is 7.80. The van der Waals surface area contributed by atoms with Crippen LogP contribution >= 0.6 is 12.2 Å². The Balaban J connectivity index is 1.99. The maximum atomic E-state index is 5.83. The van der Waals surface area contributed by atoms with Gasteiger partial charge in [0.05, 0.1) is 13.3 Å². The molecule has 2 rings (SSSR count). The molecule has 0 atom stereocenters. The van der Waals surface area contributed by atoms with Gasteiger partial charge in [0.1, 0.15) is 6.61 Å². The lowest BCUT2D eigenvalue weighted by Gasteiger charge is -2.11. The quantitative estimate of drug-likeness (QED) is 0.460. The van der Waals surface area contributed by atoms with E-state index in [1.54, 1.807) is 13.3 Å². The molecular formula is C18H21N3O2S. The van der Waals surface area contributed by atoms with Gasteiger partial charge in [0, 0.05) is 6.54 Å². The maximum Gasteiger partial charge on any atom is 0.186 e. The summed E-state index contributed by atoms with van der Waals surface area (Å²) in [5.74, 6) is 1.35. The van der Waals surface area contributed by atoms with Crippen LogP contribution in [0.2, 0.25) is 0 Å². The molecule has 0 aliphatic rings. The minimum Gasteiger partial charge on any atom is -0.493 e. The van der Waals surface area contributed by atoms with Crippen LogP contribution in [0.1, 0.15) is 18.1 Å². The van der Waals surface area contributed by atoms with Gasteiger partial charge in [-0.15, -0.1) is 0 Å². The zero-order valence-corrected chi connectivity index (χ0v) is 14.6. The Morgan fingerprint density at radius 2 is 1.96 bits per heavy atom. The summed E-state index contributed by atoms with van der Waals surface area (Å²) >= 11 is 5.04. The Hall–Kier alpha value is -2.60. The van der Waals surface area contributed by atoms with Gasteiger partial charge in [0.15, 0.2) is 16.6 Å². The molecule has 0 aromatic heterocycles. The van der Waals surface area contributed by atoms with Crippen molar-refractivity contribution in [2.24, 2.45) is 5.10 Å². The van der Waals surface area contributed by atoms with E-state index < -0.39 is 0 Å². The number of hydrazone groups is 1. The highest BCUT2D eigenvalue weighted by Gasteiger charge is 2.05. The summed E-state index contributed by atoms with van der Waals surface area (Å²) < 4.78 is 11.2. The molecule has 6 heteroatoms. The molecule has 24 heavy (non-hydrogen) atoms. The number of ether oxygens (including phenoxy) is 2. The molecular weight excluding hydrogens is 322 g/mol. The number of hydrogen-bond acceptors (Lipinski definition) is 4. The molecule has 0 radical (unpaired) electrons. The monoisotopic (exact) mass is 343 g/mol. The molecule has 0 heterocycles. The van der Waals surface area contributed by atoms with Crippen molar-refractivity contribution in [1.82, 2.24) is 10.7 Å². The van der Waals surface area contributed by atoms with Crippen molar-refractivity contribution in [3.63, 3.8) is 0 Å². The molecule has 0 fully saturated rings. The zero-order chi connectivity index (χ0) is 17.2. The van der Waals surface area contributed by atoms with Crippen LogP contribution in [0.5, 0.6) is 11.5 Å². The van der Waals surface area contributed by atoms with Crippen LogP contribution in [0.3, 0.4) is 0 Å². The minimum atomic E-state index is 0.489. The number of methoxy groups -OCH3 is 1. The van der Waals surface area contributed by atoms with Crippen molar-refractivity contribution in [1.29, 1.82) is 0 Å². The molecule has 126 valence electrons. The van der Waals surface area contributed by atoms with E-state index in [1.165, 1.54) is 0 Å². The van der Waals surface area contributed by atoms with Crippen molar-refractivity contribution in [3.05, 3.63) is 59.7 Å². The number of thiocarbonyl (C=S) groups is 1. The van der Waals surface area contributed by atoms with E-state index in [9.17, 15) is 0 Å². The largest absolute Gasteiger partial charge is 0.493 e. The Labute approximate surface area is 147 Å². The van der Waals surface area contributed by atoms with E-state index in [2.05, 4.69) is 15.8 Å². The van der Waals surface area contributed by atoms with Crippen molar-refractivity contribution >= 4 is 23.5 Å². The number of nitrogens with zero attached hydrogens (tertiary/aromatic N) is 1. The molecule has 0 amide bonds. The van der Waals surface area contributed by atoms with E-state index in [4.69, 9.17) is 21.7 Å². The lowest BCUT2D eigenvalue weighted by atomic mass is 10.2. The Morgan fingerprint density at radius 3 is 2.67 bits per heavy atom. The Kier molecular flexibility index (Phi) is 7.04. The fourth-order valence-electron chi connectivity index (χ4n) is 1.98. The lowest BCUT2D eigenvalue weighted by molar-refractivity contribution is 0.284. The van der Waals surface area contributed by atoms with E-state index in [-0.39, 0.29) is 0 Å². The molecule has 0 bridgehead atoms. The highest BCUT2D eigenvalue weighted by Crippen LogP contribution is 2.28. The summed E-state index contributed by atoms with van der Waals surface area (Å²) in [6.07, 6.45) is 1.67. The molecule has 5 nitrogen and oxygen atoms in total. The molecule has 0 saturated carbocycles. The minimum absolute atomic E-state index is 0.489. The topological polar surface area (TPSA) is 54.9 Å². The van der Waals surface area contributed by atoms with Gasteiger partial charge < -0.3 is 14.8 Å². The number of nitrogens with one attached hydrogen (secondary N) is 2. The smallest absolute Gasteiger partial charge is 0.186 e. The van der Waals surface area contributed by atoms with Gasteiger partial charge >= 0.3 is 0 Å². The van der Waals surface area contributed by atoms with Crippen LogP contribution in [0.4, 0.5) is 0 Å². The predicted octanol–water partition coefficient (Wildman–Crippen LogP) is 3.09. The summed E-state index contributed by atoms with van der Waals surface area (Å²) in [4.78, 5) is 0. The zero-order valence-electron chi connectivity index (χ0n) is 13.8. The average Bonchev–Trinajstić information content (AvgIpc) is 2.61. The van der Waals surface area contributed by atoms with E-state index in [0.29, 0.717) is 23.2 Å². The molecule has 0 aliphatic carbocycles. The van der Waals surface area contributed by atoms with Crippen molar-refractivity contribution in [2.75, 3.05) is 13.7 Å². The van der Waals surface area contributed by atoms with Gasteiger partial charge in [-0.1, -0.05) is 30.3 Å². The van der Waals surface area contributed by atoms with Crippen LogP contribution in [-0.4, -0.2) is 25.0 Å². The van der Waals surface area contributed by atoms with Crippen LogP contribution in [-0.2, 0) is 6.61 Å². The summed E-state index contributed by atoms with van der Waals surface area (Å²) in [6, 6.07) is 15.6. The van der Waals surface area contributed by atoms with E-state index in [1.807, 2.05) is 55.5 Å². The molecule has 2 aromatic carbocycles. The third-order valence-corrected chi connectivity index (χ3v) is 3.38. The summed E-state index contributed by atoms with van der Waals surface area (Å²) in [5, 5.41) is 7.53. The third-order valence-electron chi connectivity index (χ3n) is 3.14. The van der Waals surface area contributed by atoms with Gasteiger partial charge in [-0.25, -0.2) is 0 Å². The number of benzene rings is 2. The third kappa shape index (κ3) is 5.55. The molecule has 0 unspecified atom stereocenters. The molecule has 2 N–H and O–H groups in total. The van der Waals surface area contributed by atoms with Gasteiger partial charge in [0.2, 0.25) is 0 Å². The number of rotatable bonds is 7. The van der Waals surface area contributed by atoms with E-state index in [0.717, 1.165) is 17.7 Å². The Bertz CT molecular complexity index is 690. The second-order valence-corrected chi connectivity index (χ2v) is 5.32. The summed E-state index contributed by atoms with van der Waals surface area (Å²) in [5.41, 5.74) is 4.73. The highest BCUT2D eigenvalue weighted by atomic mass is 32.1. The summed E-state index contributed by atoms with van der Waals surface area (Å²) in [6.45, 7) is 3.21. The Morgan fingerprint density at radius 1 is 1.17 bits per heavy atom. The first-order valence-corrected chi connectivity index (χ1v) is 8.05. The van der Waals surface area contributed by atoms with E-state index >= 15 is 0 Å². The lowest BCUT2D eigenvalue weighted by Crippen LogP contribution is -2.31. The SMILES string of the molecule is CCNC(=S)N/N=C/c1ccc(OCc2ccccc2)c(OC)c1. The first-order chi connectivity index (χ1) is 11.7. The fourth-order valence-corrected chi connectivity index (χ4v) is 2.18. The van der Waals surface area contributed by atoms with Crippen LogP contribution in [0.15, 0.2) is 53.6 Å². The van der Waals surface area contributed by atoms with Gasteiger partial charge in [-0.2, -0.15) is 5.10 Å². The average molecular weight is 343 g/mol. The second kappa shape index (κ2) is 9.52. The predicted molar refractivity (Wildman–Crippen MR) is 101 cm³/mol. The second-order valence-electron chi connectivity index (χ2n) is 4.91. The maximum absolute atomic E-state index is 5.83. The van der Waals surface area contributed by atoms with Crippen molar-refractivity contribution < 1.29 is 9.47 Å². The van der Waals surface area contributed by atoms with Crippen molar-refractivity contribution in [2.45, 2.75) is 13.5 Å². The number of hydrogen-bond donors (Lipinski definition) is 2. The first kappa shape index (κ1) is 17.7. The van der Waals surface area contributed by atoms with Crippen LogP contribution in [0.25, 0.3) is 0 Å². The van der Waals surface area contributed by atoms with Gasteiger partial charge in [-0.3, -0.25) is 5.43 Å². The molecule has 0 spiro atoms.